The van der Waals surface area contributed by atoms with Crippen LogP contribution in [0, 0.1) is 0 Å². The van der Waals surface area contributed by atoms with Crippen LogP contribution in [0.25, 0.3) is 6.08 Å². The van der Waals surface area contributed by atoms with Crippen LogP contribution in [0.4, 0.5) is 5.69 Å². The lowest BCUT2D eigenvalue weighted by atomic mass is 10.2. The van der Waals surface area contributed by atoms with Gasteiger partial charge >= 0.3 is 0 Å². The van der Waals surface area contributed by atoms with Crippen LogP contribution in [-0.2, 0) is 0 Å². The van der Waals surface area contributed by atoms with Crippen LogP contribution in [0.1, 0.15) is 5.56 Å². The van der Waals surface area contributed by atoms with Crippen molar-refractivity contribution in [3.8, 4) is 0 Å². The summed E-state index contributed by atoms with van der Waals surface area (Å²) in [6.45, 7) is 3.35. The Balaban J connectivity index is 2.98. The van der Waals surface area contributed by atoms with Gasteiger partial charge in [-0.2, -0.15) is 0 Å². The van der Waals surface area contributed by atoms with E-state index in [4.69, 9.17) is 0 Å². The molecule has 1 nitrogen and oxygen atoms in total. The molecule has 82 valence electrons. The number of hydrogen-bond donors (Lipinski definition) is 0. The Morgan fingerprint density at radius 2 is 1.65 bits per heavy atom. The summed E-state index contributed by atoms with van der Waals surface area (Å²) < 4.78 is 0. The van der Waals surface area contributed by atoms with Gasteiger partial charge in [0.15, 0.2) is 0 Å². The zero-order valence-electron chi connectivity index (χ0n) is 10.0. The van der Waals surface area contributed by atoms with Crippen molar-refractivity contribution in [3.63, 3.8) is 0 Å². The first-order valence-electron chi connectivity index (χ1n) is 5.12. The number of anilines is 1. The highest BCUT2D eigenvalue weighted by atomic mass is 15.1. The second-order valence-electron chi connectivity index (χ2n) is 3.45. The van der Waals surface area contributed by atoms with E-state index in [0.717, 1.165) is 5.56 Å². The predicted molar refractivity (Wildman–Crippen MR) is 71.9 cm³/mol. The molecule has 0 aliphatic carbocycles. The topological polar surface area (TPSA) is 3.24 Å². The summed E-state index contributed by atoms with van der Waals surface area (Å²) in [5.74, 6) is 0. The summed E-state index contributed by atoms with van der Waals surface area (Å²) in [6, 6.07) is 8.14. The minimum Gasteiger partial charge on any atom is -0.378 e. The van der Waals surface area contributed by atoms with Crippen molar-refractivity contribution < 1.29 is 0 Å². The molecule has 0 aliphatic heterocycles. The Hall–Kier alpha value is -2.56. The summed E-state index contributed by atoms with van der Waals surface area (Å²) in [5.41, 5.74) is 17.9. The van der Waals surface area contributed by atoms with E-state index in [9.17, 15) is 0 Å². The molecular weight excluding hydrogens is 206 g/mol. The number of nitrogens with zero attached hydrogens (tertiary/aromatic N) is 1. The Morgan fingerprint density at radius 1 is 1.00 bits per heavy atom. The van der Waals surface area contributed by atoms with Gasteiger partial charge in [-0.25, -0.2) is 0 Å². The molecule has 0 aliphatic rings. The van der Waals surface area contributed by atoms with Crippen LogP contribution in [0.3, 0.4) is 0 Å². The van der Waals surface area contributed by atoms with E-state index in [-0.39, 0.29) is 0 Å². The lowest BCUT2D eigenvalue weighted by molar-refractivity contribution is 1.13. The van der Waals surface area contributed by atoms with Crippen molar-refractivity contribution in [2.75, 3.05) is 19.0 Å². The van der Waals surface area contributed by atoms with Gasteiger partial charge in [0.05, 0.1) is 0 Å². The molecular formula is C16H13N. The van der Waals surface area contributed by atoms with Gasteiger partial charge in [0.1, 0.15) is 0 Å². The van der Waals surface area contributed by atoms with E-state index in [2.05, 4.69) is 45.9 Å². The van der Waals surface area contributed by atoms with Crippen LogP contribution < -0.4 is 4.90 Å². The number of rotatable bonds is 2. The van der Waals surface area contributed by atoms with Gasteiger partial charge in [-0.15, -0.1) is 0 Å². The molecule has 1 heteroatoms. The van der Waals surface area contributed by atoms with Gasteiger partial charge in [0.25, 0.3) is 0 Å². The average molecular weight is 219 g/mol. The SMILES string of the molecule is C=C=C=C=C=C=C=Cc1ccc(N(C)C)cc1. The number of hydrogen-bond acceptors (Lipinski definition) is 1. The first kappa shape index (κ1) is 12.5. The van der Waals surface area contributed by atoms with Crippen LogP contribution in [0.5, 0.6) is 0 Å². The standard InChI is InChI=1S/C16H13N/c1-4-5-6-7-8-9-10-15-11-13-16(14-12-15)17(2)3/h10-14H,1H2,2-3H3. The molecule has 0 heterocycles. The van der Waals surface area contributed by atoms with Crippen molar-refractivity contribution in [2.24, 2.45) is 0 Å². The third-order valence-corrected chi connectivity index (χ3v) is 2.00. The third kappa shape index (κ3) is 4.65. The molecule has 0 saturated heterocycles. The molecule has 0 N–H and O–H groups in total. The molecule has 1 rings (SSSR count). The smallest absolute Gasteiger partial charge is 0.0361 e. The fraction of sp³-hybridized carbons (Fsp3) is 0.125. The molecule has 0 saturated carbocycles. The zero-order valence-corrected chi connectivity index (χ0v) is 10.0. The molecule has 0 fully saturated rings. The van der Waals surface area contributed by atoms with Crippen molar-refractivity contribution >= 4 is 11.8 Å². The minimum absolute atomic E-state index is 1.06. The van der Waals surface area contributed by atoms with E-state index < -0.39 is 0 Å². The normalized spacial score (nSPS) is 7.41. The van der Waals surface area contributed by atoms with Crippen molar-refractivity contribution in [1.29, 1.82) is 0 Å². The summed E-state index contributed by atoms with van der Waals surface area (Å²) in [6.07, 6.45) is 1.83. The van der Waals surface area contributed by atoms with Crippen LogP contribution in [0.2, 0.25) is 0 Å². The summed E-state index contributed by atoms with van der Waals surface area (Å²) in [5, 5.41) is 0. The molecule has 0 amide bonds. The summed E-state index contributed by atoms with van der Waals surface area (Å²) >= 11 is 0. The van der Waals surface area contributed by atoms with Gasteiger partial charge in [-0.05, 0) is 53.3 Å². The van der Waals surface area contributed by atoms with Gasteiger partial charge in [0.2, 0.25) is 0 Å². The third-order valence-electron chi connectivity index (χ3n) is 2.00. The van der Waals surface area contributed by atoms with Gasteiger partial charge in [0, 0.05) is 19.8 Å². The average Bonchev–Trinajstić information content (AvgIpc) is 2.34. The van der Waals surface area contributed by atoms with Gasteiger partial charge in [-0.1, -0.05) is 23.6 Å². The Morgan fingerprint density at radius 3 is 2.24 bits per heavy atom. The zero-order chi connectivity index (χ0) is 12.5. The highest BCUT2D eigenvalue weighted by Crippen LogP contribution is 2.12. The summed E-state index contributed by atoms with van der Waals surface area (Å²) in [4.78, 5) is 2.05. The van der Waals surface area contributed by atoms with Crippen LogP contribution in [0.15, 0.2) is 65.2 Å². The van der Waals surface area contributed by atoms with Gasteiger partial charge < -0.3 is 4.90 Å². The molecule has 0 bridgehead atoms. The predicted octanol–water partition coefficient (Wildman–Crippen LogP) is 3.33. The molecule has 0 unspecified atom stereocenters. The Kier molecular flexibility index (Phi) is 5.03. The van der Waals surface area contributed by atoms with E-state index in [1.54, 1.807) is 0 Å². The second-order valence-corrected chi connectivity index (χ2v) is 3.45. The maximum absolute atomic E-state index is 3.35. The Labute approximate surface area is 102 Å². The highest BCUT2D eigenvalue weighted by molar-refractivity contribution is 5.55. The molecule has 0 aromatic heterocycles. The fourth-order valence-electron chi connectivity index (χ4n) is 1.13. The lowest BCUT2D eigenvalue weighted by Gasteiger charge is -2.11. The lowest BCUT2D eigenvalue weighted by Crippen LogP contribution is -2.07. The Bertz CT molecular complexity index is 596. The monoisotopic (exact) mass is 219 g/mol. The van der Waals surface area contributed by atoms with Crippen molar-refractivity contribution in [3.05, 3.63) is 70.8 Å². The van der Waals surface area contributed by atoms with Gasteiger partial charge in [-0.3, -0.25) is 0 Å². The summed E-state index contributed by atoms with van der Waals surface area (Å²) in [7, 11) is 4.02. The molecule has 1 aromatic carbocycles. The molecule has 1 aromatic rings. The van der Waals surface area contributed by atoms with E-state index in [0.29, 0.717) is 0 Å². The van der Waals surface area contributed by atoms with E-state index in [1.165, 1.54) is 5.69 Å². The maximum Gasteiger partial charge on any atom is 0.0361 e. The second kappa shape index (κ2) is 6.84. The molecule has 0 radical (unpaired) electrons. The van der Waals surface area contributed by atoms with Crippen LogP contribution >= 0.6 is 0 Å². The minimum atomic E-state index is 1.06. The fourth-order valence-corrected chi connectivity index (χ4v) is 1.13. The first-order chi connectivity index (χ1) is 8.24. The number of benzene rings is 1. The molecule has 0 atom stereocenters. The van der Waals surface area contributed by atoms with E-state index >= 15 is 0 Å². The molecule has 0 spiro atoms. The maximum atomic E-state index is 3.35. The highest BCUT2D eigenvalue weighted by Gasteiger charge is 1.92. The largest absolute Gasteiger partial charge is 0.378 e. The van der Waals surface area contributed by atoms with Crippen LogP contribution in [-0.4, -0.2) is 14.1 Å². The quantitative estimate of drug-likeness (QED) is 0.690. The van der Waals surface area contributed by atoms with Crippen molar-refractivity contribution in [1.82, 2.24) is 0 Å². The first-order valence-corrected chi connectivity index (χ1v) is 5.12. The van der Waals surface area contributed by atoms with E-state index in [1.807, 2.05) is 44.4 Å². The molecule has 17 heavy (non-hydrogen) atoms. The van der Waals surface area contributed by atoms with Crippen molar-refractivity contribution in [2.45, 2.75) is 0 Å².